The molecule has 1 fully saturated rings. The van der Waals surface area contributed by atoms with Crippen LogP contribution in [0.1, 0.15) is 12.0 Å². The molecule has 3 N–H and O–H groups in total. The Hall–Kier alpha value is -1.81. The van der Waals surface area contributed by atoms with Crippen LogP contribution in [0.4, 0.5) is 0 Å². The van der Waals surface area contributed by atoms with Gasteiger partial charge in [0, 0.05) is 23.6 Å². The van der Waals surface area contributed by atoms with E-state index in [2.05, 4.69) is 22.0 Å². The first-order chi connectivity index (χ1) is 8.75. The van der Waals surface area contributed by atoms with Crippen molar-refractivity contribution in [3.05, 3.63) is 42.4 Å². The maximum Gasteiger partial charge on any atom is 0.235 e. The lowest BCUT2D eigenvalue weighted by molar-refractivity contribution is -0.121. The Kier molecular flexibility index (Phi) is 2.80. The number of likely N-dealkylation sites (tertiary alicyclic amines) is 1. The predicted molar refractivity (Wildman–Crippen MR) is 70.6 cm³/mol. The van der Waals surface area contributed by atoms with Gasteiger partial charge < -0.3 is 10.7 Å². The van der Waals surface area contributed by atoms with Crippen molar-refractivity contribution in [2.45, 2.75) is 19.0 Å². The highest BCUT2D eigenvalue weighted by atomic mass is 16.1. The molecule has 0 saturated carbocycles. The number of nitrogens with one attached hydrogen (secondary N) is 1. The van der Waals surface area contributed by atoms with Crippen LogP contribution in [0, 0.1) is 6.42 Å². The van der Waals surface area contributed by atoms with Crippen LogP contribution >= 0.6 is 0 Å². The summed E-state index contributed by atoms with van der Waals surface area (Å²) in [6.45, 7) is 1.65. The van der Waals surface area contributed by atoms with Crippen molar-refractivity contribution >= 4 is 16.8 Å². The number of aromatic amines is 1. The van der Waals surface area contributed by atoms with Gasteiger partial charge in [-0.25, -0.2) is 0 Å². The standard InChI is InChI=1S/C14H16N3O/c15-14(18)13-6-3-7-17(13)9-10-8-16-12-5-2-1-4-11(10)12/h1-2,4-6,8,13,16H,3,7,9H2,(H2,15,18). The fourth-order valence-electron chi connectivity index (χ4n) is 2.64. The van der Waals surface area contributed by atoms with Gasteiger partial charge >= 0.3 is 0 Å². The molecule has 1 amide bonds. The normalized spacial score (nSPS) is 20.6. The SMILES string of the molecule is NC(=O)C1[CH]CCN1Cc1c[nH]c2ccccc12. The van der Waals surface area contributed by atoms with E-state index >= 15 is 0 Å². The third-order valence-electron chi connectivity index (χ3n) is 3.54. The fourth-order valence-corrected chi connectivity index (χ4v) is 2.64. The minimum absolute atomic E-state index is 0.223. The zero-order chi connectivity index (χ0) is 12.5. The van der Waals surface area contributed by atoms with E-state index in [0.29, 0.717) is 0 Å². The van der Waals surface area contributed by atoms with Crippen LogP contribution in [0.5, 0.6) is 0 Å². The van der Waals surface area contributed by atoms with Crippen molar-refractivity contribution in [2.75, 3.05) is 6.54 Å². The number of rotatable bonds is 3. The molecule has 2 heterocycles. The zero-order valence-electron chi connectivity index (χ0n) is 10.1. The smallest absolute Gasteiger partial charge is 0.235 e. The third-order valence-corrected chi connectivity index (χ3v) is 3.54. The van der Waals surface area contributed by atoms with Crippen molar-refractivity contribution in [1.82, 2.24) is 9.88 Å². The maximum atomic E-state index is 11.3. The van der Waals surface area contributed by atoms with Crippen LogP contribution in [0.3, 0.4) is 0 Å². The second-order valence-corrected chi connectivity index (χ2v) is 4.70. The molecule has 4 heteroatoms. The van der Waals surface area contributed by atoms with Crippen LogP contribution in [-0.2, 0) is 11.3 Å². The monoisotopic (exact) mass is 242 g/mol. The molecule has 3 rings (SSSR count). The lowest BCUT2D eigenvalue weighted by Crippen LogP contribution is -2.39. The van der Waals surface area contributed by atoms with Gasteiger partial charge in [-0.05, 0) is 31.0 Å². The van der Waals surface area contributed by atoms with Gasteiger partial charge in [-0.3, -0.25) is 9.69 Å². The summed E-state index contributed by atoms with van der Waals surface area (Å²) < 4.78 is 0. The van der Waals surface area contributed by atoms with Crippen molar-refractivity contribution in [2.24, 2.45) is 5.73 Å². The molecular formula is C14H16N3O. The molecule has 93 valence electrons. The quantitative estimate of drug-likeness (QED) is 0.855. The molecule has 1 aromatic heterocycles. The van der Waals surface area contributed by atoms with Crippen molar-refractivity contribution in [1.29, 1.82) is 0 Å². The second-order valence-electron chi connectivity index (χ2n) is 4.70. The van der Waals surface area contributed by atoms with Crippen molar-refractivity contribution in [3.8, 4) is 0 Å². The summed E-state index contributed by atoms with van der Waals surface area (Å²) in [4.78, 5) is 16.7. The Morgan fingerprint density at radius 3 is 3.11 bits per heavy atom. The number of nitrogens with zero attached hydrogens (tertiary/aromatic N) is 1. The number of carbonyl (C=O) groups excluding carboxylic acids is 1. The van der Waals surface area contributed by atoms with E-state index in [0.717, 1.165) is 25.0 Å². The van der Waals surface area contributed by atoms with Gasteiger partial charge in [-0.15, -0.1) is 0 Å². The van der Waals surface area contributed by atoms with Gasteiger partial charge in [0.15, 0.2) is 0 Å². The van der Waals surface area contributed by atoms with E-state index in [9.17, 15) is 4.79 Å². The first-order valence-electron chi connectivity index (χ1n) is 6.17. The number of carbonyl (C=O) groups is 1. The summed E-state index contributed by atoms with van der Waals surface area (Å²) >= 11 is 0. The molecule has 0 aliphatic carbocycles. The third kappa shape index (κ3) is 1.88. The highest BCUT2D eigenvalue weighted by Gasteiger charge is 2.29. The van der Waals surface area contributed by atoms with Gasteiger partial charge in [-0.1, -0.05) is 18.2 Å². The number of fused-ring (bicyclic) bond motifs is 1. The first kappa shape index (κ1) is 11.3. The number of H-pyrrole nitrogens is 1. The predicted octanol–water partition coefficient (Wildman–Crippen LogP) is 1.43. The Bertz CT molecular complexity index is 575. The number of hydrogen-bond acceptors (Lipinski definition) is 2. The number of hydrogen-bond donors (Lipinski definition) is 2. The topological polar surface area (TPSA) is 62.1 Å². The number of benzene rings is 1. The fraction of sp³-hybridized carbons (Fsp3) is 0.286. The van der Waals surface area contributed by atoms with Crippen LogP contribution in [0.15, 0.2) is 30.5 Å². The van der Waals surface area contributed by atoms with Gasteiger partial charge in [0.25, 0.3) is 0 Å². The maximum absolute atomic E-state index is 11.3. The van der Waals surface area contributed by atoms with Crippen LogP contribution in [0.2, 0.25) is 0 Å². The summed E-state index contributed by atoms with van der Waals surface area (Å²) in [5.74, 6) is -0.257. The molecular weight excluding hydrogens is 226 g/mol. The highest BCUT2D eigenvalue weighted by molar-refractivity contribution is 5.84. The van der Waals surface area contributed by atoms with E-state index in [1.54, 1.807) is 0 Å². The van der Waals surface area contributed by atoms with E-state index in [-0.39, 0.29) is 11.9 Å². The number of para-hydroxylation sites is 1. The minimum Gasteiger partial charge on any atom is -0.368 e. The lowest BCUT2D eigenvalue weighted by Gasteiger charge is -2.21. The molecule has 2 aromatic rings. The van der Waals surface area contributed by atoms with E-state index in [4.69, 9.17) is 5.73 Å². The number of primary amides is 1. The first-order valence-corrected chi connectivity index (χ1v) is 6.17. The number of amides is 1. The van der Waals surface area contributed by atoms with Crippen molar-refractivity contribution in [3.63, 3.8) is 0 Å². The molecule has 1 aliphatic heterocycles. The Morgan fingerprint density at radius 1 is 1.44 bits per heavy atom. The molecule has 1 aromatic carbocycles. The molecule has 0 spiro atoms. The highest BCUT2D eigenvalue weighted by Crippen LogP contribution is 2.23. The van der Waals surface area contributed by atoms with E-state index in [1.165, 1.54) is 10.9 Å². The van der Waals surface area contributed by atoms with Gasteiger partial charge in [-0.2, -0.15) is 0 Å². The largest absolute Gasteiger partial charge is 0.368 e. The van der Waals surface area contributed by atoms with Crippen LogP contribution in [-0.4, -0.2) is 28.4 Å². The average molecular weight is 242 g/mol. The molecule has 4 nitrogen and oxygen atoms in total. The van der Waals surface area contributed by atoms with Crippen LogP contribution < -0.4 is 5.73 Å². The number of aromatic nitrogens is 1. The summed E-state index contributed by atoms with van der Waals surface area (Å²) in [5, 5.41) is 1.22. The molecule has 18 heavy (non-hydrogen) atoms. The Morgan fingerprint density at radius 2 is 2.28 bits per heavy atom. The number of nitrogens with two attached hydrogens (primary N) is 1. The summed E-state index contributed by atoms with van der Waals surface area (Å²) in [6, 6.07) is 7.97. The van der Waals surface area contributed by atoms with Crippen LogP contribution in [0.25, 0.3) is 10.9 Å². The average Bonchev–Trinajstić information content (AvgIpc) is 2.97. The van der Waals surface area contributed by atoms with E-state index in [1.807, 2.05) is 24.8 Å². The summed E-state index contributed by atoms with van der Waals surface area (Å²) in [7, 11) is 0. The molecule has 1 unspecified atom stereocenters. The van der Waals surface area contributed by atoms with Gasteiger partial charge in [0.05, 0.1) is 6.04 Å². The lowest BCUT2D eigenvalue weighted by atomic mass is 10.1. The summed E-state index contributed by atoms with van der Waals surface area (Å²) in [6.07, 6.45) is 4.94. The molecule has 1 aliphatic rings. The molecule has 1 atom stereocenters. The van der Waals surface area contributed by atoms with E-state index < -0.39 is 0 Å². The minimum atomic E-state index is -0.257. The van der Waals surface area contributed by atoms with Crippen molar-refractivity contribution < 1.29 is 4.79 Å². The summed E-state index contributed by atoms with van der Waals surface area (Å²) in [5.41, 5.74) is 7.76. The second kappa shape index (κ2) is 4.46. The molecule has 1 radical (unpaired) electrons. The molecule has 0 bridgehead atoms. The van der Waals surface area contributed by atoms with Gasteiger partial charge in [0.2, 0.25) is 5.91 Å². The molecule has 1 saturated heterocycles. The Labute approximate surface area is 106 Å². The van der Waals surface area contributed by atoms with Gasteiger partial charge in [0.1, 0.15) is 0 Å². The Balaban J connectivity index is 1.86. The zero-order valence-corrected chi connectivity index (χ0v) is 10.1.